The monoisotopic (exact) mass is 452 g/mol. The number of nitrogens with one attached hydrogen (secondary N) is 1. The Labute approximate surface area is 193 Å². The molecule has 1 amide bonds. The van der Waals surface area contributed by atoms with Crippen LogP contribution in [-0.2, 0) is 13.0 Å². The highest BCUT2D eigenvalue weighted by atomic mass is 35.5. The molecule has 4 rings (SSSR count). The van der Waals surface area contributed by atoms with Gasteiger partial charge in [0.1, 0.15) is 11.6 Å². The fourth-order valence-corrected chi connectivity index (χ4v) is 4.01. The SMILES string of the molecule is O=C(NCCc1ccc(CN2CCCC2)cc1)Oc1ccc(-c2ccc(Cl)cc2)c(F)c1. The van der Waals surface area contributed by atoms with E-state index in [0.29, 0.717) is 29.1 Å². The number of rotatable bonds is 7. The summed E-state index contributed by atoms with van der Waals surface area (Å²) in [6, 6.07) is 19.8. The molecule has 3 aromatic carbocycles. The van der Waals surface area contributed by atoms with Crippen LogP contribution in [0.3, 0.4) is 0 Å². The summed E-state index contributed by atoms with van der Waals surface area (Å²) in [5.74, 6) is -0.310. The van der Waals surface area contributed by atoms with E-state index in [2.05, 4.69) is 34.5 Å². The van der Waals surface area contributed by atoms with E-state index >= 15 is 0 Å². The van der Waals surface area contributed by atoms with Crippen LogP contribution in [-0.4, -0.2) is 30.6 Å². The van der Waals surface area contributed by atoms with Gasteiger partial charge >= 0.3 is 6.09 Å². The molecule has 1 aliphatic heterocycles. The maximum atomic E-state index is 14.5. The summed E-state index contributed by atoms with van der Waals surface area (Å²) in [6.07, 6.45) is 2.68. The van der Waals surface area contributed by atoms with Crippen LogP contribution in [0.2, 0.25) is 5.02 Å². The van der Waals surface area contributed by atoms with Crippen molar-refractivity contribution in [2.24, 2.45) is 0 Å². The van der Waals surface area contributed by atoms with Crippen molar-refractivity contribution in [1.29, 1.82) is 0 Å². The fourth-order valence-electron chi connectivity index (χ4n) is 3.89. The molecule has 0 unspecified atom stereocenters. The first-order chi connectivity index (χ1) is 15.6. The Balaban J connectivity index is 1.24. The number of hydrogen-bond acceptors (Lipinski definition) is 3. The van der Waals surface area contributed by atoms with Crippen molar-refractivity contribution in [3.8, 4) is 16.9 Å². The number of halogens is 2. The molecule has 6 heteroatoms. The molecule has 0 spiro atoms. The third-order valence-electron chi connectivity index (χ3n) is 5.62. The molecule has 1 aliphatic rings. The molecule has 0 bridgehead atoms. The maximum absolute atomic E-state index is 14.5. The molecule has 0 saturated carbocycles. The predicted molar refractivity (Wildman–Crippen MR) is 126 cm³/mol. The van der Waals surface area contributed by atoms with E-state index in [1.165, 1.54) is 37.6 Å². The second-order valence-electron chi connectivity index (χ2n) is 8.01. The lowest BCUT2D eigenvalue weighted by atomic mass is 10.1. The maximum Gasteiger partial charge on any atom is 0.412 e. The molecule has 1 saturated heterocycles. The molecule has 0 aromatic heterocycles. The van der Waals surface area contributed by atoms with E-state index < -0.39 is 11.9 Å². The van der Waals surface area contributed by atoms with Crippen LogP contribution in [0.15, 0.2) is 66.7 Å². The lowest BCUT2D eigenvalue weighted by Crippen LogP contribution is -2.28. The highest BCUT2D eigenvalue weighted by molar-refractivity contribution is 6.30. The quantitative estimate of drug-likeness (QED) is 0.472. The Morgan fingerprint density at radius 1 is 0.969 bits per heavy atom. The Hall–Kier alpha value is -2.89. The highest BCUT2D eigenvalue weighted by Crippen LogP contribution is 2.27. The molecule has 1 heterocycles. The molecule has 32 heavy (non-hydrogen) atoms. The Kier molecular flexibility index (Phi) is 7.40. The van der Waals surface area contributed by atoms with E-state index in [1.807, 2.05) is 0 Å². The minimum absolute atomic E-state index is 0.156. The third kappa shape index (κ3) is 6.09. The summed E-state index contributed by atoms with van der Waals surface area (Å²) >= 11 is 5.88. The van der Waals surface area contributed by atoms with Gasteiger partial charge in [-0.1, -0.05) is 48.0 Å². The van der Waals surface area contributed by atoms with E-state index in [-0.39, 0.29) is 5.75 Å². The first-order valence-corrected chi connectivity index (χ1v) is 11.3. The van der Waals surface area contributed by atoms with Crippen LogP contribution >= 0.6 is 11.6 Å². The predicted octanol–water partition coefficient (Wildman–Crippen LogP) is 6.07. The third-order valence-corrected chi connectivity index (χ3v) is 5.87. The normalized spacial score (nSPS) is 13.8. The summed E-state index contributed by atoms with van der Waals surface area (Å²) in [5, 5.41) is 3.31. The van der Waals surface area contributed by atoms with Gasteiger partial charge in [-0.05, 0) is 73.3 Å². The molecule has 3 aromatic rings. The summed E-state index contributed by atoms with van der Waals surface area (Å²) < 4.78 is 19.7. The highest BCUT2D eigenvalue weighted by Gasteiger charge is 2.12. The number of nitrogens with zero attached hydrogens (tertiary/aromatic N) is 1. The number of hydrogen-bond donors (Lipinski definition) is 1. The van der Waals surface area contributed by atoms with E-state index in [0.717, 1.165) is 12.1 Å². The molecule has 0 atom stereocenters. The second-order valence-corrected chi connectivity index (χ2v) is 8.45. The molecular weight excluding hydrogens is 427 g/mol. The van der Waals surface area contributed by atoms with E-state index in [4.69, 9.17) is 16.3 Å². The van der Waals surface area contributed by atoms with Crippen molar-refractivity contribution in [1.82, 2.24) is 10.2 Å². The fraction of sp³-hybridized carbons (Fsp3) is 0.269. The van der Waals surface area contributed by atoms with E-state index in [1.54, 1.807) is 36.4 Å². The van der Waals surface area contributed by atoms with Gasteiger partial charge in [0.15, 0.2) is 0 Å². The van der Waals surface area contributed by atoms with Gasteiger partial charge < -0.3 is 10.1 Å². The zero-order valence-electron chi connectivity index (χ0n) is 17.8. The van der Waals surface area contributed by atoms with Gasteiger partial charge in [-0.25, -0.2) is 9.18 Å². The number of amides is 1. The van der Waals surface area contributed by atoms with E-state index in [9.17, 15) is 9.18 Å². The molecular formula is C26H26ClFN2O2. The van der Waals surface area contributed by atoms with Crippen LogP contribution < -0.4 is 10.1 Å². The van der Waals surface area contributed by atoms with Crippen molar-refractivity contribution >= 4 is 17.7 Å². The summed E-state index contributed by atoms with van der Waals surface area (Å²) in [5.41, 5.74) is 3.58. The van der Waals surface area contributed by atoms with Crippen LogP contribution in [0.1, 0.15) is 24.0 Å². The molecule has 0 radical (unpaired) electrons. The van der Waals surface area contributed by atoms with Crippen molar-refractivity contribution in [3.63, 3.8) is 0 Å². The second kappa shape index (κ2) is 10.6. The Morgan fingerprint density at radius 2 is 1.66 bits per heavy atom. The average molecular weight is 453 g/mol. The largest absolute Gasteiger partial charge is 0.412 e. The van der Waals surface area contributed by atoms with Gasteiger partial charge in [0.2, 0.25) is 0 Å². The standard InChI is InChI=1S/C26H26ClFN2O2/c27-22-9-7-21(8-10-22)24-12-11-23(17-25(24)28)32-26(31)29-14-13-19-3-5-20(6-4-19)18-30-15-1-2-16-30/h3-12,17H,1-2,13-16,18H2,(H,29,31). The van der Waals surface area contributed by atoms with Crippen LogP contribution in [0.25, 0.3) is 11.1 Å². The van der Waals surface area contributed by atoms with Gasteiger partial charge in [-0.3, -0.25) is 4.90 Å². The summed E-state index contributed by atoms with van der Waals surface area (Å²) in [7, 11) is 0. The first-order valence-electron chi connectivity index (χ1n) is 10.9. The topological polar surface area (TPSA) is 41.6 Å². The van der Waals surface area contributed by atoms with Gasteiger partial charge in [0.25, 0.3) is 0 Å². The smallest absolute Gasteiger partial charge is 0.410 e. The summed E-state index contributed by atoms with van der Waals surface area (Å²) in [6.45, 7) is 3.80. The van der Waals surface area contributed by atoms with Crippen LogP contribution in [0.5, 0.6) is 5.75 Å². The van der Waals surface area contributed by atoms with Crippen molar-refractivity contribution < 1.29 is 13.9 Å². The van der Waals surface area contributed by atoms with Crippen molar-refractivity contribution in [2.45, 2.75) is 25.8 Å². The van der Waals surface area contributed by atoms with Gasteiger partial charge in [-0.2, -0.15) is 0 Å². The van der Waals surface area contributed by atoms with Crippen molar-refractivity contribution in [2.75, 3.05) is 19.6 Å². The zero-order valence-corrected chi connectivity index (χ0v) is 18.6. The molecule has 1 fully saturated rings. The van der Waals surface area contributed by atoms with Gasteiger partial charge in [0, 0.05) is 29.7 Å². The van der Waals surface area contributed by atoms with Gasteiger partial charge in [0.05, 0.1) is 0 Å². The van der Waals surface area contributed by atoms with Crippen LogP contribution in [0, 0.1) is 5.82 Å². The molecule has 4 nitrogen and oxygen atoms in total. The molecule has 0 aliphatic carbocycles. The average Bonchev–Trinajstić information content (AvgIpc) is 3.29. The lowest BCUT2D eigenvalue weighted by Gasteiger charge is -2.14. The number of carbonyl (C=O) groups is 1. The molecule has 166 valence electrons. The minimum atomic E-state index is -0.603. The molecule has 1 N–H and O–H groups in total. The van der Waals surface area contributed by atoms with Crippen molar-refractivity contribution in [3.05, 3.63) is 88.7 Å². The Bertz CT molecular complexity index is 1050. The Morgan fingerprint density at radius 3 is 2.34 bits per heavy atom. The lowest BCUT2D eigenvalue weighted by molar-refractivity contribution is 0.200. The number of likely N-dealkylation sites (tertiary alicyclic amines) is 1. The number of ether oxygens (including phenoxy) is 1. The first kappa shape index (κ1) is 22.3. The van der Waals surface area contributed by atoms with Gasteiger partial charge in [-0.15, -0.1) is 0 Å². The minimum Gasteiger partial charge on any atom is -0.410 e. The van der Waals surface area contributed by atoms with Crippen LogP contribution in [0.4, 0.5) is 9.18 Å². The number of carbonyl (C=O) groups excluding carboxylic acids is 1. The summed E-state index contributed by atoms with van der Waals surface area (Å²) in [4.78, 5) is 14.5. The number of benzene rings is 3. The zero-order chi connectivity index (χ0) is 22.3.